The third-order valence-electron chi connectivity index (χ3n) is 5.57. The number of rotatable bonds is 4. The van der Waals surface area contributed by atoms with E-state index in [0.717, 1.165) is 33.8 Å². The van der Waals surface area contributed by atoms with Crippen molar-refractivity contribution in [1.82, 2.24) is 30.1 Å². The Bertz CT molecular complexity index is 1640. The summed E-state index contributed by atoms with van der Waals surface area (Å²) in [5.41, 5.74) is 4.02. The molecule has 0 saturated carbocycles. The first kappa shape index (κ1) is 20.0. The zero-order valence-electron chi connectivity index (χ0n) is 17.4. The number of hydrogen-bond acceptors (Lipinski definition) is 4. The summed E-state index contributed by atoms with van der Waals surface area (Å²) < 4.78 is 39.9. The first-order valence-corrected chi connectivity index (χ1v) is 10.4. The Morgan fingerprint density at radius 2 is 1.65 bits per heavy atom. The molecular weight excluding hydrogens is 443 g/mol. The molecule has 4 N–H and O–H groups in total. The van der Waals surface area contributed by atoms with E-state index in [4.69, 9.17) is 0 Å². The molecule has 0 unspecified atom stereocenters. The first-order chi connectivity index (χ1) is 16.4. The maximum Gasteiger partial charge on any atom is 0.418 e. The molecule has 0 amide bonds. The summed E-state index contributed by atoms with van der Waals surface area (Å²) >= 11 is 0. The van der Waals surface area contributed by atoms with Gasteiger partial charge < -0.3 is 15.3 Å². The summed E-state index contributed by atoms with van der Waals surface area (Å²) in [5, 5.41) is 10.8. The van der Waals surface area contributed by atoms with Crippen LogP contribution in [0.25, 0.3) is 44.6 Å². The number of para-hydroxylation sites is 1. The highest BCUT2D eigenvalue weighted by atomic mass is 19.4. The normalized spacial score (nSPS) is 12.0. The van der Waals surface area contributed by atoms with E-state index < -0.39 is 11.7 Å². The second kappa shape index (κ2) is 7.48. The van der Waals surface area contributed by atoms with Gasteiger partial charge in [0, 0.05) is 16.5 Å². The van der Waals surface area contributed by atoms with Gasteiger partial charge in [0.2, 0.25) is 5.95 Å². The van der Waals surface area contributed by atoms with Crippen molar-refractivity contribution in [2.45, 2.75) is 6.18 Å². The Balaban J connectivity index is 1.30. The number of hydrogen-bond donors (Lipinski definition) is 4. The van der Waals surface area contributed by atoms with Crippen molar-refractivity contribution in [1.29, 1.82) is 0 Å². The zero-order valence-corrected chi connectivity index (χ0v) is 17.4. The third-order valence-corrected chi connectivity index (χ3v) is 5.57. The zero-order chi connectivity index (χ0) is 23.3. The Labute approximate surface area is 190 Å². The molecule has 3 aromatic carbocycles. The van der Waals surface area contributed by atoms with Crippen molar-refractivity contribution in [3.05, 3.63) is 78.6 Å². The second-order valence-corrected chi connectivity index (χ2v) is 7.80. The summed E-state index contributed by atoms with van der Waals surface area (Å²) in [5.74, 6) is 0.880. The smallest absolute Gasteiger partial charge is 0.338 e. The van der Waals surface area contributed by atoms with Gasteiger partial charge in [-0.25, -0.2) is 9.97 Å². The van der Waals surface area contributed by atoms with Crippen LogP contribution in [0, 0.1) is 0 Å². The lowest BCUT2D eigenvalue weighted by molar-refractivity contribution is -0.136. The van der Waals surface area contributed by atoms with Crippen LogP contribution in [0.4, 0.5) is 24.8 Å². The SMILES string of the molecule is FC(F)(F)c1ccccc1Nc1nc2ccc(-c3ncc(-c4ccc5cn[nH]c5c4)[nH]3)cc2[nH]1. The monoisotopic (exact) mass is 459 g/mol. The highest BCUT2D eigenvalue weighted by molar-refractivity contribution is 5.85. The molecule has 0 aliphatic heterocycles. The minimum Gasteiger partial charge on any atom is -0.338 e. The molecule has 0 radical (unpaired) electrons. The molecule has 0 fully saturated rings. The highest BCUT2D eigenvalue weighted by Crippen LogP contribution is 2.36. The van der Waals surface area contributed by atoms with Gasteiger partial charge in [-0.05, 0) is 36.4 Å². The minimum absolute atomic E-state index is 0.0702. The molecule has 7 nitrogen and oxygen atoms in total. The number of imidazole rings is 2. The molecule has 10 heteroatoms. The standard InChI is InChI=1S/C24H16F3N7/c25-24(26,27)16-3-1-2-4-17(16)31-23-32-18-8-7-14(10-20(18)33-23)22-28-12-21(30-22)13-5-6-15-11-29-34-19(15)9-13/h1-12H,(H,28,30)(H,29,34)(H2,31,32,33). The van der Waals surface area contributed by atoms with Crippen LogP contribution in [0.2, 0.25) is 0 Å². The van der Waals surface area contributed by atoms with Crippen LogP contribution in [0.1, 0.15) is 5.56 Å². The quantitative estimate of drug-likeness (QED) is 0.250. The molecule has 3 heterocycles. The van der Waals surface area contributed by atoms with E-state index in [0.29, 0.717) is 16.9 Å². The predicted octanol–water partition coefficient (Wildman–Crippen LogP) is 6.26. The molecule has 0 aliphatic carbocycles. The first-order valence-electron chi connectivity index (χ1n) is 10.4. The van der Waals surface area contributed by atoms with Crippen molar-refractivity contribution in [3.63, 3.8) is 0 Å². The predicted molar refractivity (Wildman–Crippen MR) is 123 cm³/mol. The molecule has 34 heavy (non-hydrogen) atoms. The van der Waals surface area contributed by atoms with Crippen LogP contribution in [0.15, 0.2) is 73.1 Å². The number of fused-ring (bicyclic) bond motifs is 2. The molecule has 0 bridgehead atoms. The molecular formula is C24H16F3N7. The number of nitrogens with one attached hydrogen (secondary N) is 4. The van der Waals surface area contributed by atoms with Crippen LogP contribution < -0.4 is 5.32 Å². The summed E-state index contributed by atoms with van der Waals surface area (Å²) in [6.45, 7) is 0. The average molecular weight is 459 g/mol. The van der Waals surface area contributed by atoms with Crippen molar-refractivity contribution in [3.8, 4) is 22.6 Å². The number of nitrogens with zero attached hydrogens (tertiary/aromatic N) is 3. The van der Waals surface area contributed by atoms with Gasteiger partial charge >= 0.3 is 6.18 Å². The molecule has 0 saturated heterocycles. The lowest BCUT2D eigenvalue weighted by atomic mass is 10.1. The highest BCUT2D eigenvalue weighted by Gasteiger charge is 2.33. The van der Waals surface area contributed by atoms with Gasteiger partial charge in [0.05, 0.1) is 45.9 Å². The van der Waals surface area contributed by atoms with E-state index in [-0.39, 0.29) is 11.6 Å². The summed E-state index contributed by atoms with van der Waals surface area (Å²) in [7, 11) is 0. The number of benzene rings is 3. The van der Waals surface area contributed by atoms with E-state index in [1.807, 2.05) is 30.3 Å². The fraction of sp³-hybridized carbons (Fsp3) is 0.0417. The summed E-state index contributed by atoms with van der Waals surface area (Å²) in [6.07, 6.45) is -0.950. The van der Waals surface area contributed by atoms with Crippen LogP contribution in [-0.4, -0.2) is 30.1 Å². The number of anilines is 2. The van der Waals surface area contributed by atoms with Gasteiger partial charge in [-0.3, -0.25) is 5.10 Å². The fourth-order valence-electron chi connectivity index (χ4n) is 3.90. The molecule has 168 valence electrons. The molecule has 0 spiro atoms. The number of alkyl halides is 3. The van der Waals surface area contributed by atoms with Crippen molar-refractivity contribution < 1.29 is 13.2 Å². The molecule has 6 aromatic rings. The fourth-order valence-corrected chi connectivity index (χ4v) is 3.90. The van der Waals surface area contributed by atoms with Gasteiger partial charge in [0.1, 0.15) is 5.82 Å². The number of H-pyrrole nitrogens is 3. The maximum absolute atomic E-state index is 13.3. The van der Waals surface area contributed by atoms with Gasteiger partial charge in [0.15, 0.2) is 0 Å². The molecule has 3 aromatic heterocycles. The number of aromatic nitrogens is 6. The summed E-state index contributed by atoms with van der Waals surface area (Å²) in [4.78, 5) is 15.2. The summed E-state index contributed by atoms with van der Waals surface area (Å²) in [6, 6.07) is 16.8. The van der Waals surface area contributed by atoms with Crippen LogP contribution >= 0.6 is 0 Å². The van der Waals surface area contributed by atoms with Crippen LogP contribution in [0.5, 0.6) is 0 Å². The molecule has 6 rings (SSSR count). The topological polar surface area (TPSA) is 98.1 Å². The largest absolute Gasteiger partial charge is 0.418 e. The van der Waals surface area contributed by atoms with E-state index in [1.54, 1.807) is 18.5 Å². The van der Waals surface area contributed by atoms with E-state index in [9.17, 15) is 13.2 Å². The van der Waals surface area contributed by atoms with Crippen molar-refractivity contribution in [2.75, 3.05) is 5.32 Å². The Morgan fingerprint density at radius 3 is 2.53 bits per heavy atom. The number of halogens is 3. The number of aromatic amines is 3. The van der Waals surface area contributed by atoms with Crippen molar-refractivity contribution in [2.24, 2.45) is 0 Å². The van der Waals surface area contributed by atoms with Crippen LogP contribution in [-0.2, 0) is 6.18 Å². The molecule has 0 aliphatic rings. The molecule has 0 atom stereocenters. The van der Waals surface area contributed by atoms with Gasteiger partial charge in [-0.15, -0.1) is 0 Å². The van der Waals surface area contributed by atoms with Crippen LogP contribution in [0.3, 0.4) is 0 Å². The van der Waals surface area contributed by atoms with Gasteiger partial charge in [-0.2, -0.15) is 18.3 Å². The van der Waals surface area contributed by atoms with E-state index >= 15 is 0 Å². The van der Waals surface area contributed by atoms with Crippen molar-refractivity contribution >= 4 is 33.6 Å². The average Bonchev–Trinajstić information content (AvgIpc) is 3.56. The lowest BCUT2D eigenvalue weighted by Gasteiger charge is -2.12. The van der Waals surface area contributed by atoms with E-state index in [2.05, 4.69) is 35.5 Å². The third kappa shape index (κ3) is 3.54. The van der Waals surface area contributed by atoms with Gasteiger partial charge in [0.25, 0.3) is 0 Å². The van der Waals surface area contributed by atoms with E-state index in [1.165, 1.54) is 18.2 Å². The lowest BCUT2D eigenvalue weighted by Crippen LogP contribution is -2.08. The van der Waals surface area contributed by atoms with Gasteiger partial charge in [-0.1, -0.05) is 24.3 Å². The Kier molecular flexibility index (Phi) is 4.41. The maximum atomic E-state index is 13.3. The second-order valence-electron chi connectivity index (χ2n) is 7.80. The minimum atomic E-state index is -4.47. The Hall–Kier alpha value is -4.60. The Morgan fingerprint density at radius 1 is 0.824 bits per heavy atom.